The summed E-state index contributed by atoms with van der Waals surface area (Å²) in [6, 6.07) is 0. The summed E-state index contributed by atoms with van der Waals surface area (Å²) in [6.45, 7) is 6.06. The van der Waals surface area contributed by atoms with Crippen LogP contribution in [0.25, 0.3) is 0 Å². The summed E-state index contributed by atoms with van der Waals surface area (Å²) in [5.74, 6) is 0. The monoisotopic (exact) mass is 165 g/mol. The number of ether oxygens (including phenoxy) is 1. The molecule has 0 saturated carbocycles. The molecule has 0 aromatic heterocycles. The SMILES string of the molecule is [CH]1OC=CC=C1N1CCNCC1. The molecule has 12 heavy (non-hydrogen) atoms. The van der Waals surface area contributed by atoms with Crippen molar-refractivity contribution < 1.29 is 4.74 Å². The van der Waals surface area contributed by atoms with Crippen LogP contribution in [-0.4, -0.2) is 31.1 Å². The number of nitrogens with one attached hydrogen (secondary N) is 1. The number of hydrogen-bond donors (Lipinski definition) is 1. The van der Waals surface area contributed by atoms with E-state index in [1.165, 1.54) is 5.70 Å². The molecule has 1 radical (unpaired) electrons. The molecular weight excluding hydrogens is 152 g/mol. The van der Waals surface area contributed by atoms with Crippen molar-refractivity contribution in [3.63, 3.8) is 0 Å². The molecule has 65 valence electrons. The molecule has 0 unspecified atom stereocenters. The Labute approximate surface area is 72.7 Å². The average molecular weight is 165 g/mol. The van der Waals surface area contributed by atoms with Crippen LogP contribution in [0, 0.1) is 6.61 Å². The molecule has 0 amide bonds. The van der Waals surface area contributed by atoms with Crippen LogP contribution < -0.4 is 5.32 Å². The van der Waals surface area contributed by atoms with Gasteiger partial charge in [-0.25, -0.2) is 0 Å². The molecule has 1 N–H and O–H groups in total. The first-order chi connectivity index (χ1) is 5.97. The van der Waals surface area contributed by atoms with E-state index in [-0.39, 0.29) is 0 Å². The second kappa shape index (κ2) is 3.63. The van der Waals surface area contributed by atoms with Gasteiger partial charge in [-0.1, -0.05) is 0 Å². The standard InChI is InChI=1S/C9H13N2O/c1-2-9(8-12-7-1)11-5-3-10-4-6-11/h1-2,7-8,10H,3-6H2. The minimum absolute atomic E-state index is 1.06. The third-order valence-corrected chi connectivity index (χ3v) is 2.10. The van der Waals surface area contributed by atoms with Crippen molar-refractivity contribution in [2.75, 3.05) is 26.2 Å². The minimum atomic E-state index is 1.06. The van der Waals surface area contributed by atoms with Crippen LogP contribution in [0.3, 0.4) is 0 Å². The van der Waals surface area contributed by atoms with Gasteiger partial charge in [0.2, 0.25) is 0 Å². The molecule has 0 aromatic rings. The Morgan fingerprint density at radius 1 is 1.33 bits per heavy atom. The van der Waals surface area contributed by atoms with Crippen molar-refractivity contribution >= 4 is 0 Å². The molecule has 1 saturated heterocycles. The molecule has 0 atom stereocenters. The van der Waals surface area contributed by atoms with Crippen LogP contribution in [-0.2, 0) is 4.74 Å². The van der Waals surface area contributed by atoms with Gasteiger partial charge in [-0.3, -0.25) is 0 Å². The van der Waals surface area contributed by atoms with E-state index in [1.807, 2.05) is 6.08 Å². The van der Waals surface area contributed by atoms with Gasteiger partial charge in [0, 0.05) is 26.2 Å². The highest BCUT2D eigenvalue weighted by atomic mass is 16.5. The molecule has 3 nitrogen and oxygen atoms in total. The Hall–Kier alpha value is -0.960. The maximum atomic E-state index is 5.10. The molecule has 0 spiro atoms. The first-order valence-electron chi connectivity index (χ1n) is 4.28. The zero-order valence-corrected chi connectivity index (χ0v) is 6.99. The fourth-order valence-electron chi connectivity index (χ4n) is 1.43. The van der Waals surface area contributed by atoms with E-state index in [0.29, 0.717) is 0 Å². The van der Waals surface area contributed by atoms with E-state index in [1.54, 1.807) is 12.9 Å². The lowest BCUT2D eigenvalue weighted by Gasteiger charge is -2.31. The molecule has 0 aromatic carbocycles. The first kappa shape index (κ1) is 7.68. The van der Waals surface area contributed by atoms with Crippen molar-refractivity contribution in [2.24, 2.45) is 0 Å². The largest absolute Gasteiger partial charge is 0.487 e. The van der Waals surface area contributed by atoms with E-state index in [2.05, 4.69) is 16.3 Å². The normalized spacial score (nSPS) is 23.3. The number of allylic oxidation sites excluding steroid dienone is 2. The summed E-state index contributed by atoms with van der Waals surface area (Å²) < 4.78 is 5.10. The predicted octanol–water partition coefficient (Wildman–Crippen LogP) is 0.481. The Bertz CT molecular complexity index is 205. The van der Waals surface area contributed by atoms with E-state index in [0.717, 1.165) is 26.2 Å². The van der Waals surface area contributed by atoms with Gasteiger partial charge in [-0.2, -0.15) is 0 Å². The zero-order valence-electron chi connectivity index (χ0n) is 6.99. The highest BCUT2D eigenvalue weighted by Gasteiger charge is 2.13. The fraction of sp³-hybridized carbons (Fsp3) is 0.444. The average Bonchev–Trinajstić information content (AvgIpc) is 2.21. The number of rotatable bonds is 1. The molecule has 0 aliphatic carbocycles. The molecule has 2 rings (SSSR count). The van der Waals surface area contributed by atoms with E-state index in [4.69, 9.17) is 4.74 Å². The molecule has 2 aliphatic rings. The fourth-order valence-corrected chi connectivity index (χ4v) is 1.43. The Balaban J connectivity index is 1.97. The van der Waals surface area contributed by atoms with Crippen molar-refractivity contribution in [1.29, 1.82) is 0 Å². The summed E-state index contributed by atoms with van der Waals surface area (Å²) in [6.07, 6.45) is 5.69. The maximum Gasteiger partial charge on any atom is 0.180 e. The smallest absolute Gasteiger partial charge is 0.180 e. The number of piperazine rings is 1. The Morgan fingerprint density at radius 3 is 2.83 bits per heavy atom. The molecule has 2 aliphatic heterocycles. The number of hydrogen-bond acceptors (Lipinski definition) is 3. The highest BCUT2D eigenvalue weighted by Crippen LogP contribution is 2.13. The van der Waals surface area contributed by atoms with E-state index in [9.17, 15) is 0 Å². The van der Waals surface area contributed by atoms with Crippen molar-refractivity contribution in [3.05, 3.63) is 30.7 Å². The third kappa shape index (κ3) is 1.61. The first-order valence-corrected chi connectivity index (χ1v) is 4.28. The van der Waals surface area contributed by atoms with Crippen molar-refractivity contribution in [3.8, 4) is 0 Å². The van der Waals surface area contributed by atoms with Gasteiger partial charge in [-0.05, 0) is 12.2 Å². The minimum Gasteiger partial charge on any atom is -0.487 e. The van der Waals surface area contributed by atoms with Crippen molar-refractivity contribution in [2.45, 2.75) is 0 Å². The van der Waals surface area contributed by atoms with E-state index >= 15 is 0 Å². The molecule has 0 bridgehead atoms. The van der Waals surface area contributed by atoms with Crippen LogP contribution in [0.4, 0.5) is 0 Å². The van der Waals surface area contributed by atoms with Gasteiger partial charge in [-0.15, -0.1) is 0 Å². The second-order valence-corrected chi connectivity index (χ2v) is 2.91. The second-order valence-electron chi connectivity index (χ2n) is 2.91. The van der Waals surface area contributed by atoms with Crippen molar-refractivity contribution in [1.82, 2.24) is 10.2 Å². The lowest BCUT2D eigenvalue weighted by Crippen LogP contribution is -2.43. The quantitative estimate of drug-likeness (QED) is 0.611. The molecule has 1 fully saturated rings. The van der Waals surface area contributed by atoms with E-state index < -0.39 is 0 Å². The zero-order chi connectivity index (χ0) is 8.23. The number of nitrogens with zero attached hydrogens (tertiary/aromatic N) is 1. The Kier molecular flexibility index (Phi) is 2.32. The lowest BCUT2D eigenvalue weighted by molar-refractivity contribution is 0.253. The Morgan fingerprint density at radius 2 is 2.17 bits per heavy atom. The summed E-state index contributed by atoms with van der Waals surface area (Å²) in [5, 5.41) is 3.31. The van der Waals surface area contributed by atoms with Gasteiger partial charge >= 0.3 is 0 Å². The predicted molar refractivity (Wildman–Crippen MR) is 47.1 cm³/mol. The van der Waals surface area contributed by atoms with Crippen LogP contribution in [0.15, 0.2) is 24.1 Å². The summed E-state index contributed by atoms with van der Waals surface area (Å²) >= 11 is 0. The van der Waals surface area contributed by atoms with Gasteiger partial charge in [0.1, 0.15) is 0 Å². The third-order valence-electron chi connectivity index (χ3n) is 2.10. The van der Waals surface area contributed by atoms with Gasteiger partial charge in [0.05, 0.1) is 12.0 Å². The maximum absolute atomic E-state index is 5.10. The van der Waals surface area contributed by atoms with Crippen LogP contribution in [0.1, 0.15) is 0 Å². The van der Waals surface area contributed by atoms with Crippen LogP contribution in [0.2, 0.25) is 0 Å². The molecule has 2 heterocycles. The molecular formula is C9H13N2O. The van der Waals surface area contributed by atoms with Crippen LogP contribution in [0.5, 0.6) is 0 Å². The lowest BCUT2D eigenvalue weighted by atomic mass is 10.3. The van der Waals surface area contributed by atoms with Gasteiger partial charge < -0.3 is 15.0 Å². The highest BCUT2D eigenvalue weighted by molar-refractivity contribution is 5.19. The molecule has 3 heteroatoms. The summed E-state index contributed by atoms with van der Waals surface area (Å²) in [4.78, 5) is 2.32. The van der Waals surface area contributed by atoms with Gasteiger partial charge in [0.25, 0.3) is 0 Å². The van der Waals surface area contributed by atoms with Gasteiger partial charge in [0.15, 0.2) is 6.61 Å². The summed E-state index contributed by atoms with van der Waals surface area (Å²) in [5.41, 5.74) is 1.18. The van der Waals surface area contributed by atoms with Crippen LogP contribution >= 0.6 is 0 Å². The summed E-state index contributed by atoms with van der Waals surface area (Å²) in [7, 11) is 0. The topological polar surface area (TPSA) is 24.5 Å².